The van der Waals surface area contributed by atoms with E-state index in [1.54, 1.807) is 18.1 Å². The quantitative estimate of drug-likeness (QED) is 0.781. The third kappa shape index (κ3) is 2.61. The van der Waals surface area contributed by atoms with Crippen LogP contribution in [0.3, 0.4) is 0 Å². The van der Waals surface area contributed by atoms with Gasteiger partial charge >= 0.3 is 0 Å². The number of hydrogen-bond acceptors (Lipinski definition) is 4. The number of rotatable bonds is 3. The van der Waals surface area contributed by atoms with E-state index >= 15 is 0 Å². The molecule has 0 atom stereocenters. The number of ether oxygens (including phenoxy) is 1. The van der Waals surface area contributed by atoms with Crippen LogP contribution in [0.2, 0.25) is 0 Å². The summed E-state index contributed by atoms with van der Waals surface area (Å²) in [6.07, 6.45) is 3.14. The van der Waals surface area contributed by atoms with Crippen LogP contribution in [0.25, 0.3) is 0 Å². The highest BCUT2D eigenvalue weighted by atomic mass is 16.5. The standard InChI is InChI=1S/C12H17N3O2/c1-9-4-13-5-10(14-9)11(16)15(3)6-12(2)7-17-8-12/h4-5H,6-8H2,1-3H3. The van der Waals surface area contributed by atoms with Gasteiger partial charge < -0.3 is 9.64 Å². The second-order valence-electron chi connectivity index (χ2n) is 5.01. The van der Waals surface area contributed by atoms with E-state index in [-0.39, 0.29) is 11.3 Å². The molecule has 0 aromatic carbocycles. The maximum atomic E-state index is 12.1. The minimum Gasteiger partial charge on any atom is -0.380 e. The SMILES string of the molecule is Cc1cncc(C(=O)N(C)CC2(C)COC2)n1. The maximum absolute atomic E-state index is 12.1. The van der Waals surface area contributed by atoms with Gasteiger partial charge in [-0.2, -0.15) is 0 Å². The van der Waals surface area contributed by atoms with Crippen LogP contribution < -0.4 is 0 Å². The first-order valence-electron chi connectivity index (χ1n) is 5.62. The summed E-state index contributed by atoms with van der Waals surface area (Å²) in [6, 6.07) is 0. The Labute approximate surface area is 101 Å². The monoisotopic (exact) mass is 235 g/mol. The molecule has 5 heteroatoms. The van der Waals surface area contributed by atoms with Crippen molar-refractivity contribution >= 4 is 5.91 Å². The molecule has 17 heavy (non-hydrogen) atoms. The van der Waals surface area contributed by atoms with E-state index in [0.717, 1.165) is 5.69 Å². The molecule has 1 aliphatic rings. The van der Waals surface area contributed by atoms with Crippen molar-refractivity contribution in [2.75, 3.05) is 26.8 Å². The molecule has 1 aromatic heterocycles. The molecule has 0 radical (unpaired) electrons. The van der Waals surface area contributed by atoms with Crippen LogP contribution >= 0.6 is 0 Å². The molecule has 92 valence electrons. The van der Waals surface area contributed by atoms with E-state index in [1.165, 1.54) is 6.20 Å². The molecule has 0 bridgehead atoms. The molecule has 0 N–H and O–H groups in total. The largest absolute Gasteiger partial charge is 0.380 e. The summed E-state index contributed by atoms with van der Waals surface area (Å²) < 4.78 is 5.18. The van der Waals surface area contributed by atoms with E-state index in [4.69, 9.17) is 4.74 Å². The number of carbonyl (C=O) groups excluding carboxylic acids is 1. The molecule has 5 nitrogen and oxygen atoms in total. The number of amides is 1. The third-order valence-electron chi connectivity index (χ3n) is 2.84. The Morgan fingerprint density at radius 3 is 2.76 bits per heavy atom. The zero-order valence-corrected chi connectivity index (χ0v) is 10.4. The van der Waals surface area contributed by atoms with Crippen molar-refractivity contribution in [1.82, 2.24) is 14.9 Å². The topological polar surface area (TPSA) is 55.3 Å². The Morgan fingerprint density at radius 1 is 1.53 bits per heavy atom. The first-order chi connectivity index (χ1) is 8.00. The van der Waals surface area contributed by atoms with Crippen LogP contribution in [0.15, 0.2) is 12.4 Å². The summed E-state index contributed by atoms with van der Waals surface area (Å²) in [7, 11) is 1.79. The Balaban J connectivity index is 2.04. The molecular formula is C12H17N3O2. The first kappa shape index (κ1) is 12.0. The summed E-state index contributed by atoms with van der Waals surface area (Å²) in [5.41, 5.74) is 1.24. The van der Waals surface area contributed by atoms with Crippen molar-refractivity contribution in [1.29, 1.82) is 0 Å². The molecule has 0 spiro atoms. The van der Waals surface area contributed by atoms with Gasteiger partial charge in [-0.15, -0.1) is 0 Å². The molecule has 0 unspecified atom stereocenters. The van der Waals surface area contributed by atoms with Crippen LogP contribution in [0.4, 0.5) is 0 Å². The average molecular weight is 235 g/mol. The number of carbonyl (C=O) groups is 1. The van der Waals surface area contributed by atoms with Gasteiger partial charge in [0, 0.05) is 25.2 Å². The number of hydrogen-bond donors (Lipinski definition) is 0. The Hall–Kier alpha value is -1.49. The summed E-state index contributed by atoms with van der Waals surface area (Å²) in [5, 5.41) is 0. The van der Waals surface area contributed by atoms with Gasteiger partial charge in [-0.1, -0.05) is 6.92 Å². The van der Waals surface area contributed by atoms with E-state index in [2.05, 4.69) is 16.9 Å². The predicted molar refractivity (Wildman–Crippen MR) is 62.7 cm³/mol. The minimum atomic E-state index is -0.0886. The average Bonchev–Trinajstić information content (AvgIpc) is 2.26. The summed E-state index contributed by atoms with van der Waals surface area (Å²) >= 11 is 0. The summed E-state index contributed by atoms with van der Waals surface area (Å²) in [4.78, 5) is 22.0. The fourth-order valence-electron chi connectivity index (χ4n) is 1.95. The maximum Gasteiger partial charge on any atom is 0.273 e. The molecule has 0 aliphatic carbocycles. The van der Waals surface area contributed by atoms with Gasteiger partial charge in [-0.3, -0.25) is 9.78 Å². The number of aryl methyl sites for hydroxylation is 1. The zero-order chi connectivity index (χ0) is 12.5. The fourth-order valence-corrected chi connectivity index (χ4v) is 1.95. The van der Waals surface area contributed by atoms with Crippen LogP contribution in [0, 0.1) is 12.3 Å². The second kappa shape index (κ2) is 4.41. The second-order valence-corrected chi connectivity index (χ2v) is 5.01. The van der Waals surface area contributed by atoms with Crippen LogP contribution in [0.1, 0.15) is 23.1 Å². The highest BCUT2D eigenvalue weighted by Crippen LogP contribution is 2.27. The van der Waals surface area contributed by atoms with E-state index < -0.39 is 0 Å². The van der Waals surface area contributed by atoms with Gasteiger partial charge in [0.2, 0.25) is 0 Å². The Morgan fingerprint density at radius 2 is 2.24 bits per heavy atom. The lowest BCUT2D eigenvalue weighted by Crippen LogP contribution is -2.49. The normalized spacial score (nSPS) is 17.4. The minimum absolute atomic E-state index is 0.0850. The molecule has 1 saturated heterocycles. The highest BCUT2D eigenvalue weighted by Gasteiger charge is 2.35. The smallest absolute Gasteiger partial charge is 0.273 e. The fraction of sp³-hybridized carbons (Fsp3) is 0.583. The molecule has 1 amide bonds. The van der Waals surface area contributed by atoms with Crippen LogP contribution in [-0.2, 0) is 4.74 Å². The molecule has 1 fully saturated rings. The molecule has 1 aromatic rings. The van der Waals surface area contributed by atoms with E-state index in [9.17, 15) is 4.79 Å². The number of nitrogens with zero attached hydrogens (tertiary/aromatic N) is 3. The molecule has 0 saturated carbocycles. The van der Waals surface area contributed by atoms with Gasteiger partial charge in [0.05, 0.1) is 25.1 Å². The van der Waals surface area contributed by atoms with Crippen molar-refractivity contribution < 1.29 is 9.53 Å². The lowest BCUT2D eigenvalue weighted by molar-refractivity contribution is -0.109. The highest BCUT2D eigenvalue weighted by molar-refractivity contribution is 5.91. The van der Waals surface area contributed by atoms with Gasteiger partial charge in [0.15, 0.2) is 0 Å². The lowest BCUT2D eigenvalue weighted by atomic mass is 9.88. The number of aromatic nitrogens is 2. The zero-order valence-electron chi connectivity index (χ0n) is 10.4. The van der Waals surface area contributed by atoms with Crippen LogP contribution in [0.5, 0.6) is 0 Å². The van der Waals surface area contributed by atoms with Crippen molar-refractivity contribution in [3.05, 3.63) is 23.8 Å². The van der Waals surface area contributed by atoms with Gasteiger partial charge in [0.1, 0.15) is 5.69 Å². The van der Waals surface area contributed by atoms with Crippen molar-refractivity contribution in [2.45, 2.75) is 13.8 Å². The molecule has 2 heterocycles. The van der Waals surface area contributed by atoms with E-state index in [0.29, 0.717) is 25.5 Å². The predicted octanol–water partition coefficient (Wildman–Crippen LogP) is 0.894. The van der Waals surface area contributed by atoms with Gasteiger partial charge in [-0.25, -0.2) is 4.98 Å². The third-order valence-corrected chi connectivity index (χ3v) is 2.84. The summed E-state index contributed by atoms with van der Waals surface area (Å²) in [6.45, 7) is 6.04. The Bertz CT molecular complexity index is 430. The summed E-state index contributed by atoms with van der Waals surface area (Å²) in [5.74, 6) is -0.0886. The molecule has 2 rings (SSSR count). The van der Waals surface area contributed by atoms with Crippen molar-refractivity contribution in [3.63, 3.8) is 0 Å². The Kier molecular flexibility index (Phi) is 3.11. The van der Waals surface area contributed by atoms with Crippen molar-refractivity contribution in [2.24, 2.45) is 5.41 Å². The van der Waals surface area contributed by atoms with Crippen LogP contribution in [-0.4, -0.2) is 47.6 Å². The van der Waals surface area contributed by atoms with Gasteiger partial charge in [0.25, 0.3) is 5.91 Å². The molecule has 1 aliphatic heterocycles. The molecular weight excluding hydrogens is 218 g/mol. The van der Waals surface area contributed by atoms with Gasteiger partial charge in [-0.05, 0) is 6.92 Å². The lowest BCUT2D eigenvalue weighted by Gasteiger charge is -2.40. The van der Waals surface area contributed by atoms with Crippen molar-refractivity contribution in [3.8, 4) is 0 Å². The van der Waals surface area contributed by atoms with E-state index in [1.807, 2.05) is 6.92 Å². The first-order valence-corrected chi connectivity index (χ1v) is 5.62.